The van der Waals surface area contributed by atoms with Crippen molar-refractivity contribution in [1.82, 2.24) is 14.9 Å². The minimum absolute atomic E-state index is 0.524. The van der Waals surface area contributed by atoms with Gasteiger partial charge in [-0.3, -0.25) is 0 Å². The molecule has 1 saturated heterocycles. The van der Waals surface area contributed by atoms with E-state index in [0.717, 1.165) is 29.0 Å². The Kier molecular flexibility index (Phi) is 4.08. The van der Waals surface area contributed by atoms with Crippen molar-refractivity contribution in [3.8, 4) is 11.4 Å². The Labute approximate surface area is 127 Å². The first-order chi connectivity index (χ1) is 9.78. The topological polar surface area (TPSA) is 39.1 Å². The van der Waals surface area contributed by atoms with E-state index in [-0.39, 0.29) is 0 Å². The molecule has 0 radical (unpaired) electrons. The molecule has 1 atom stereocenters. The first-order valence-corrected chi connectivity index (χ1v) is 7.65. The second-order valence-electron chi connectivity index (χ2n) is 5.08. The van der Waals surface area contributed by atoms with Gasteiger partial charge in [0.2, 0.25) is 0 Å². The van der Waals surface area contributed by atoms with Crippen LogP contribution in [-0.4, -0.2) is 29.8 Å². The molecule has 20 heavy (non-hydrogen) atoms. The molecule has 0 amide bonds. The third kappa shape index (κ3) is 2.74. The van der Waals surface area contributed by atoms with Gasteiger partial charge in [-0.1, -0.05) is 15.9 Å². The fourth-order valence-electron chi connectivity index (χ4n) is 2.73. The van der Waals surface area contributed by atoms with Crippen molar-refractivity contribution in [2.45, 2.75) is 18.8 Å². The molecule has 0 saturated carbocycles. The quantitative estimate of drug-likeness (QED) is 0.936. The largest absolute Gasteiger partial charge is 0.497 e. The maximum Gasteiger partial charge on any atom is 0.122 e. The van der Waals surface area contributed by atoms with E-state index in [1.54, 1.807) is 7.11 Å². The van der Waals surface area contributed by atoms with E-state index in [9.17, 15) is 0 Å². The van der Waals surface area contributed by atoms with Gasteiger partial charge in [-0.25, -0.2) is 4.98 Å². The molecule has 0 spiro atoms. The molecule has 1 fully saturated rings. The van der Waals surface area contributed by atoms with E-state index in [0.29, 0.717) is 5.92 Å². The Morgan fingerprint density at radius 1 is 1.40 bits per heavy atom. The van der Waals surface area contributed by atoms with Crippen molar-refractivity contribution >= 4 is 15.9 Å². The summed E-state index contributed by atoms with van der Waals surface area (Å²) in [5.41, 5.74) is 2.34. The lowest BCUT2D eigenvalue weighted by atomic mass is 9.96. The molecule has 1 aromatic carbocycles. The van der Waals surface area contributed by atoms with E-state index in [1.165, 1.54) is 18.5 Å². The normalized spacial score (nSPS) is 19.0. The Bertz CT molecular complexity index is 591. The second-order valence-corrected chi connectivity index (χ2v) is 6.00. The van der Waals surface area contributed by atoms with Crippen LogP contribution in [-0.2, 0) is 0 Å². The van der Waals surface area contributed by atoms with Crippen molar-refractivity contribution < 1.29 is 4.74 Å². The van der Waals surface area contributed by atoms with E-state index in [2.05, 4.69) is 36.9 Å². The number of halogens is 1. The van der Waals surface area contributed by atoms with Crippen LogP contribution in [0.5, 0.6) is 5.75 Å². The van der Waals surface area contributed by atoms with Crippen LogP contribution in [0.2, 0.25) is 0 Å². The molecular weight excluding hydrogens is 318 g/mol. The maximum atomic E-state index is 5.34. The Morgan fingerprint density at radius 3 is 3.05 bits per heavy atom. The zero-order valence-electron chi connectivity index (χ0n) is 11.5. The highest BCUT2D eigenvalue weighted by Gasteiger charge is 2.19. The average molecular weight is 336 g/mol. The van der Waals surface area contributed by atoms with Crippen LogP contribution in [0.15, 0.2) is 35.2 Å². The number of hydrogen-bond donors (Lipinski definition) is 1. The minimum atomic E-state index is 0.524. The van der Waals surface area contributed by atoms with Crippen LogP contribution in [0.4, 0.5) is 0 Å². The van der Waals surface area contributed by atoms with Crippen LogP contribution in [0.25, 0.3) is 5.69 Å². The molecule has 1 N–H and O–H groups in total. The maximum absolute atomic E-state index is 5.34. The number of nitrogens with one attached hydrogen (secondary N) is 1. The van der Waals surface area contributed by atoms with Gasteiger partial charge in [-0.15, -0.1) is 0 Å². The Balaban J connectivity index is 1.98. The van der Waals surface area contributed by atoms with E-state index in [4.69, 9.17) is 4.74 Å². The predicted octanol–water partition coefficient (Wildman–Crippen LogP) is 3.11. The number of hydrogen-bond acceptors (Lipinski definition) is 3. The summed E-state index contributed by atoms with van der Waals surface area (Å²) in [4.78, 5) is 4.34. The van der Waals surface area contributed by atoms with Gasteiger partial charge in [0.15, 0.2) is 0 Å². The highest BCUT2D eigenvalue weighted by atomic mass is 79.9. The number of piperidine rings is 1. The molecule has 0 aliphatic carbocycles. The summed E-state index contributed by atoms with van der Waals surface area (Å²) < 4.78 is 8.51. The summed E-state index contributed by atoms with van der Waals surface area (Å²) in [7, 11) is 1.69. The molecule has 1 unspecified atom stereocenters. The summed E-state index contributed by atoms with van der Waals surface area (Å²) >= 11 is 3.53. The third-order valence-corrected chi connectivity index (χ3v) is 4.21. The summed E-state index contributed by atoms with van der Waals surface area (Å²) in [6.45, 7) is 2.15. The zero-order chi connectivity index (χ0) is 13.9. The number of methoxy groups -OCH3 is 1. The molecule has 5 heteroatoms. The highest BCUT2D eigenvalue weighted by Crippen LogP contribution is 2.28. The summed E-state index contributed by atoms with van der Waals surface area (Å²) in [6, 6.07) is 6.08. The number of aromatic nitrogens is 2. The fourth-order valence-corrected chi connectivity index (χ4v) is 3.19. The van der Waals surface area contributed by atoms with Gasteiger partial charge >= 0.3 is 0 Å². The highest BCUT2D eigenvalue weighted by molar-refractivity contribution is 9.10. The SMILES string of the molecule is COc1cc(Br)cc(-n2cncc2C2CCCNC2)c1. The van der Waals surface area contributed by atoms with Crippen LogP contribution in [0.1, 0.15) is 24.5 Å². The molecule has 0 bridgehead atoms. The molecule has 106 valence electrons. The number of nitrogens with zero attached hydrogens (tertiary/aromatic N) is 2. The lowest BCUT2D eigenvalue weighted by Gasteiger charge is -2.24. The monoisotopic (exact) mass is 335 g/mol. The van der Waals surface area contributed by atoms with Crippen LogP contribution in [0.3, 0.4) is 0 Å². The first kappa shape index (κ1) is 13.6. The van der Waals surface area contributed by atoms with Gasteiger partial charge in [0.05, 0.1) is 19.1 Å². The molecule has 3 rings (SSSR count). The predicted molar refractivity (Wildman–Crippen MR) is 82.7 cm³/mol. The third-order valence-electron chi connectivity index (χ3n) is 3.75. The smallest absolute Gasteiger partial charge is 0.122 e. The second kappa shape index (κ2) is 5.97. The summed E-state index contributed by atoms with van der Waals surface area (Å²) in [5, 5.41) is 3.46. The van der Waals surface area contributed by atoms with Crippen LogP contribution in [0, 0.1) is 0 Å². The van der Waals surface area contributed by atoms with Gasteiger partial charge in [-0.2, -0.15) is 0 Å². The number of benzene rings is 1. The van der Waals surface area contributed by atoms with E-state index in [1.807, 2.05) is 24.7 Å². The van der Waals surface area contributed by atoms with E-state index < -0.39 is 0 Å². The van der Waals surface area contributed by atoms with Gasteiger partial charge in [0.25, 0.3) is 0 Å². The van der Waals surface area contributed by atoms with Crippen molar-refractivity contribution in [3.63, 3.8) is 0 Å². The van der Waals surface area contributed by atoms with Crippen molar-refractivity contribution in [3.05, 3.63) is 40.9 Å². The first-order valence-electron chi connectivity index (χ1n) is 6.86. The number of ether oxygens (including phenoxy) is 1. The van der Waals surface area contributed by atoms with Crippen LogP contribution < -0.4 is 10.1 Å². The fraction of sp³-hybridized carbons (Fsp3) is 0.400. The Hall–Kier alpha value is -1.33. The molecular formula is C15H18BrN3O. The van der Waals surface area contributed by atoms with E-state index >= 15 is 0 Å². The Morgan fingerprint density at radius 2 is 2.30 bits per heavy atom. The van der Waals surface area contributed by atoms with Gasteiger partial charge in [0.1, 0.15) is 5.75 Å². The van der Waals surface area contributed by atoms with Gasteiger partial charge in [-0.05, 0) is 31.5 Å². The molecule has 2 heterocycles. The van der Waals surface area contributed by atoms with Crippen molar-refractivity contribution in [2.24, 2.45) is 0 Å². The van der Waals surface area contributed by atoms with Gasteiger partial charge in [0, 0.05) is 34.9 Å². The molecule has 2 aromatic rings. The number of rotatable bonds is 3. The molecule has 1 aliphatic heterocycles. The van der Waals surface area contributed by atoms with Crippen molar-refractivity contribution in [2.75, 3.05) is 20.2 Å². The zero-order valence-corrected chi connectivity index (χ0v) is 13.1. The minimum Gasteiger partial charge on any atom is -0.497 e. The summed E-state index contributed by atoms with van der Waals surface area (Å²) in [6.07, 6.45) is 6.29. The summed E-state index contributed by atoms with van der Waals surface area (Å²) in [5.74, 6) is 1.37. The van der Waals surface area contributed by atoms with Gasteiger partial charge < -0.3 is 14.6 Å². The standard InChI is InChI=1S/C15H18BrN3O/c1-20-14-6-12(16)5-13(7-14)19-10-18-9-15(19)11-3-2-4-17-8-11/h5-7,9-11,17H,2-4,8H2,1H3. The lowest BCUT2D eigenvalue weighted by Crippen LogP contribution is -2.29. The molecule has 4 nitrogen and oxygen atoms in total. The average Bonchev–Trinajstić information content (AvgIpc) is 2.97. The number of imidazole rings is 1. The van der Waals surface area contributed by atoms with Crippen LogP contribution >= 0.6 is 15.9 Å². The van der Waals surface area contributed by atoms with Crippen molar-refractivity contribution in [1.29, 1.82) is 0 Å². The molecule has 1 aliphatic rings. The lowest BCUT2D eigenvalue weighted by molar-refractivity contribution is 0.414. The molecule has 1 aromatic heterocycles.